The predicted molar refractivity (Wildman–Crippen MR) is 99.2 cm³/mol. The molecule has 0 aromatic heterocycles. The standard InChI is InChI=1S/C21H22O6/c1-16(22)25-15-20-19(26-17(2)23)12-13-21(27-20)24-14-8-4-7-11-18-9-5-3-6-10-18/h3,5-7,9-13,19-21H,14-15H2,1-2H3/b11-7-/t19-,20+,21-/m0/s1. The van der Waals surface area contributed by atoms with Crippen molar-refractivity contribution in [3.8, 4) is 11.8 Å². The number of hydrogen-bond donors (Lipinski definition) is 0. The Labute approximate surface area is 158 Å². The highest BCUT2D eigenvalue weighted by Crippen LogP contribution is 2.17. The zero-order valence-electron chi connectivity index (χ0n) is 15.3. The Bertz CT molecular complexity index is 741. The van der Waals surface area contributed by atoms with E-state index in [-0.39, 0.29) is 13.2 Å². The van der Waals surface area contributed by atoms with Gasteiger partial charge in [0.1, 0.15) is 25.4 Å². The van der Waals surface area contributed by atoms with E-state index in [4.69, 9.17) is 18.9 Å². The third kappa shape index (κ3) is 7.90. The van der Waals surface area contributed by atoms with Crippen molar-refractivity contribution in [1.82, 2.24) is 0 Å². The molecule has 0 unspecified atom stereocenters. The second-order valence-corrected chi connectivity index (χ2v) is 5.68. The van der Waals surface area contributed by atoms with Crippen molar-refractivity contribution >= 4 is 18.0 Å². The Kier molecular flexibility index (Phi) is 8.30. The molecule has 0 fully saturated rings. The highest BCUT2D eigenvalue weighted by atomic mass is 16.7. The van der Waals surface area contributed by atoms with Crippen LogP contribution in [-0.2, 0) is 28.5 Å². The summed E-state index contributed by atoms with van der Waals surface area (Å²) in [6.45, 7) is 2.72. The molecule has 6 nitrogen and oxygen atoms in total. The summed E-state index contributed by atoms with van der Waals surface area (Å²) < 4.78 is 21.3. The number of carbonyl (C=O) groups is 2. The molecule has 0 bridgehead atoms. The van der Waals surface area contributed by atoms with Crippen molar-refractivity contribution in [2.24, 2.45) is 0 Å². The van der Waals surface area contributed by atoms with Gasteiger partial charge in [-0.25, -0.2) is 0 Å². The van der Waals surface area contributed by atoms with Gasteiger partial charge in [0.15, 0.2) is 6.29 Å². The predicted octanol–water partition coefficient (Wildman–Crippen LogP) is 2.50. The number of rotatable bonds is 6. The van der Waals surface area contributed by atoms with Crippen molar-refractivity contribution in [2.75, 3.05) is 13.2 Å². The summed E-state index contributed by atoms with van der Waals surface area (Å²) in [6, 6.07) is 9.84. The molecular formula is C21H22O6. The van der Waals surface area contributed by atoms with E-state index in [0.29, 0.717) is 0 Å². The third-order valence-corrected chi connectivity index (χ3v) is 3.47. The molecule has 6 heteroatoms. The van der Waals surface area contributed by atoms with Crippen molar-refractivity contribution in [1.29, 1.82) is 0 Å². The highest BCUT2D eigenvalue weighted by molar-refractivity contribution is 5.66. The first-order valence-corrected chi connectivity index (χ1v) is 8.50. The fourth-order valence-electron chi connectivity index (χ4n) is 2.28. The molecule has 0 spiro atoms. The first-order valence-electron chi connectivity index (χ1n) is 8.50. The summed E-state index contributed by atoms with van der Waals surface area (Å²) in [5, 5.41) is 0. The number of benzene rings is 1. The Balaban J connectivity index is 1.84. The molecule has 1 aromatic carbocycles. The Hall–Kier alpha value is -2.88. The van der Waals surface area contributed by atoms with Crippen molar-refractivity contribution in [3.05, 3.63) is 54.1 Å². The van der Waals surface area contributed by atoms with Crippen LogP contribution in [0.2, 0.25) is 0 Å². The van der Waals surface area contributed by atoms with Crippen LogP contribution in [0, 0.1) is 11.8 Å². The molecule has 1 aromatic rings. The molecule has 0 N–H and O–H groups in total. The van der Waals surface area contributed by atoms with E-state index >= 15 is 0 Å². The van der Waals surface area contributed by atoms with E-state index in [1.165, 1.54) is 13.8 Å². The van der Waals surface area contributed by atoms with Gasteiger partial charge in [0.05, 0.1) is 0 Å². The first kappa shape index (κ1) is 20.4. The van der Waals surface area contributed by atoms with Gasteiger partial charge in [-0.1, -0.05) is 42.2 Å². The van der Waals surface area contributed by atoms with Crippen LogP contribution in [0.4, 0.5) is 0 Å². The highest BCUT2D eigenvalue weighted by Gasteiger charge is 2.30. The van der Waals surface area contributed by atoms with E-state index in [2.05, 4.69) is 11.8 Å². The van der Waals surface area contributed by atoms with E-state index < -0.39 is 30.4 Å². The van der Waals surface area contributed by atoms with Gasteiger partial charge < -0.3 is 18.9 Å². The van der Waals surface area contributed by atoms with Crippen molar-refractivity contribution in [2.45, 2.75) is 32.3 Å². The maximum Gasteiger partial charge on any atom is 0.303 e. The summed E-state index contributed by atoms with van der Waals surface area (Å²) in [7, 11) is 0. The summed E-state index contributed by atoms with van der Waals surface area (Å²) in [5.41, 5.74) is 1.07. The van der Waals surface area contributed by atoms with Gasteiger partial charge in [0.25, 0.3) is 0 Å². The van der Waals surface area contributed by atoms with Crippen LogP contribution in [-0.4, -0.2) is 43.7 Å². The van der Waals surface area contributed by atoms with E-state index in [1.54, 1.807) is 18.2 Å². The van der Waals surface area contributed by atoms with Gasteiger partial charge in [0.2, 0.25) is 0 Å². The molecule has 0 aliphatic carbocycles. The molecule has 0 saturated heterocycles. The lowest BCUT2D eigenvalue weighted by atomic mass is 10.1. The van der Waals surface area contributed by atoms with Crippen LogP contribution in [0.15, 0.2) is 48.6 Å². The van der Waals surface area contributed by atoms with Gasteiger partial charge in [-0.3, -0.25) is 9.59 Å². The third-order valence-electron chi connectivity index (χ3n) is 3.47. The van der Waals surface area contributed by atoms with Gasteiger partial charge >= 0.3 is 11.9 Å². The zero-order valence-corrected chi connectivity index (χ0v) is 15.3. The van der Waals surface area contributed by atoms with E-state index in [0.717, 1.165) is 5.56 Å². The number of carbonyl (C=O) groups excluding carboxylic acids is 2. The largest absolute Gasteiger partial charge is 0.463 e. The van der Waals surface area contributed by atoms with Crippen LogP contribution < -0.4 is 0 Å². The fourth-order valence-corrected chi connectivity index (χ4v) is 2.28. The lowest BCUT2D eigenvalue weighted by molar-refractivity contribution is -0.193. The van der Waals surface area contributed by atoms with E-state index in [1.807, 2.05) is 36.4 Å². The quantitative estimate of drug-likeness (QED) is 0.435. The Morgan fingerprint density at radius 2 is 1.93 bits per heavy atom. The summed E-state index contributed by atoms with van der Waals surface area (Å²) in [6.07, 6.45) is 5.01. The van der Waals surface area contributed by atoms with E-state index in [9.17, 15) is 9.59 Å². The molecule has 2 rings (SSSR count). The van der Waals surface area contributed by atoms with Gasteiger partial charge in [0, 0.05) is 13.8 Å². The molecular weight excluding hydrogens is 348 g/mol. The first-order chi connectivity index (χ1) is 13.0. The molecule has 142 valence electrons. The van der Waals surface area contributed by atoms with Crippen LogP contribution >= 0.6 is 0 Å². The van der Waals surface area contributed by atoms with Crippen LogP contribution in [0.5, 0.6) is 0 Å². The molecule has 0 amide bonds. The monoisotopic (exact) mass is 370 g/mol. The summed E-state index contributed by atoms with van der Waals surface area (Å²) >= 11 is 0. The zero-order chi connectivity index (χ0) is 19.5. The molecule has 1 aliphatic heterocycles. The van der Waals surface area contributed by atoms with Crippen molar-refractivity contribution in [3.63, 3.8) is 0 Å². The number of esters is 2. The molecule has 1 aliphatic rings. The number of allylic oxidation sites excluding steroid dienone is 1. The minimum Gasteiger partial charge on any atom is -0.463 e. The molecule has 0 radical (unpaired) electrons. The van der Waals surface area contributed by atoms with Crippen molar-refractivity contribution < 1.29 is 28.5 Å². The minimum atomic E-state index is -0.662. The van der Waals surface area contributed by atoms with Gasteiger partial charge in [-0.15, -0.1) is 0 Å². The normalized spacial score (nSPS) is 21.3. The van der Waals surface area contributed by atoms with Crippen LogP contribution in [0.3, 0.4) is 0 Å². The summed E-state index contributed by atoms with van der Waals surface area (Å²) in [4.78, 5) is 22.2. The molecule has 1 heterocycles. The Morgan fingerprint density at radius 3 is 2.63 bits per heavy atom. The second kappa shape index (κ2) is 11.0. The summed E-state index contributed by atoms with van der Waals surface area (Å²) in [5.74, 6) is 4.86. The maximum absolute atomic E-state index is 11.2. The number of ether oxygens (including phenoxy) is 4. The fraction of sp³-hybridized carbons (Fsp3) is 0.333. The Morgan fingerprint density at radius 1 is 1.15 bits per heavy atom. The minimum absolute atomic E-state index is 0.0387. The lowest BCUT2D eigenvalue weighted by Crippen LogP contribution is -2.42. The smallest absolute Gasteiger partial charge is 0.303 e. The SMILES string of the molecule is CC(=O)OC[C@H]1O[C@H](OCC#C/C=C\c2ccccc2)C=C[C@@H]1OC(C)=O. The van der Waals surface area contributed by atoms with Crippen LogP contribution in [0.25, 0.3) is 6.08 Å². The second-order valence-electron chi connectivity index (χ2n) is 5.68. The molecule has 0 saturated carbocycles. The molecule has 3 atom stereocenters. The van der Waals surface area contributed by atoms with Crippen LogP contribution in [0.1, 0.15) is 19.4 Å². The maximum atomic E-state index is 11.2. The number of hydrogen-bond acceptors (Lipinski definition) is 6. The lowest BCUT2D eigenvalue weighted by Gasteiger charge is -2.30. The topological polar surface area (TPSA) is 71.1 Å². The van der Waals surface area contributed by atoms with Gasteiger partial charge in [-0.2, -0.15) is 0 Å². The average molecular weight is 370 g/mol. The van der Waals surface area contributed by atoms with Gasteiger partial charge in [-0.05, 0) is 29.9 Å². The molecule has 27 heavy (non-hydrogen) atoms. The average Bonchev–Trinajstić information content (AvgIpc) is 2.64.